The highest BCUT2D eigenvalue weighted by atomic mass is 127. The van der Waals surface area contributed by atoms with Gasteiger partial charge in [-0.05, 0) is 62.7 Å². The summed E-state index contributed by atoms with van der Waals surface area (Å²) in [6.07, 6.45) is 1.79. The lowest BCUT2D eigenvalue weighted by Crippen LogP contribution is -2.19. The van der Waals surface area contributed by atoms with E-state index in [4.69, 9.17) is 0 Å². The molecule has 8 heteroatoms. The van der Waals surface area contributed by atoms with Crippen molar-refractivity contribution in [3.05, 3.63) is 80.6 Å². The van der Waals surface area contributed by atoms with Crippen LogP contribution in [0.1, 0.15) is 4.88 Å². The largest absolute Gasteiger partial charge is 0.320 e. The minimum Gasteiger partial charge on any atom is -0.320 e. The van der Waals surface area contributed by atoms with Crippen LogP contribution >= 0.6 is 33.9 Å². The molecule has 4 aromatic rings. The van der Waals surface area contributed by atoms with Crippen molar-refractivity contribution in [2.75, 3.05) is 5.32 Å². The highest BCUT2D eigenvalue weighted by molar-refractivity contribution is 14.1. The number of hydrogen-bond donors (Lipinski definition) is 1. The lowest BCUT2D eigenvalue weighted by atomic mass is 10.2. The fraction of sp³-hybridized carbons (Fsp3) is 0. The average molecular weight is 499 g/mol. The first-order valence-electron chi connectivity index (χ1n) is 8.37. The minimum absolute atomic E-state index is 0.290. The zero-order valence-corrected chi connectivity index (χ0v) is 17.5. The van der Waals surface area contributed by atoms with Gasteiger partial charge in [-0.1, -0.05) is 48.5 Å². The maximum Gasteiger partial charge on any atom is 0.274 e. The van der Waals surface area contributed by atoms with Gasteiger partial charge < -0.3 is 5.32 Å². The normalized spacial score (nSPS) is 11.4. The highest BCUT2D eigenvalue weighted by Crippen LogP contribution is 2.24. The standard InChI is InChI=1S/C20H14IN5OS/c21-16-10-4-5-11-17(16)22-20(27)18(13-15-9-6-12-28-15)26-19(23-24-25-26)14-7-2-1-3-8-14/h1-13H,(H,22,27)/b18-13-. The van der Waals surface area contributed by atoms with Crippen molar-refractivity contribution in [3.63, 3.8) is 0 Å². The molecule has 6 nitrogen and oxygen atoms in total. The van der Waals surface area contributed by atoms with Gasteiger partial charge in [-0.3, -0.25) is 4.79 Å². The molecule has 0 saturated heterocycles. The smallest absolute Gasteiger partial charge is 0.274 e. The lowest BCUT2D eigenvalue weighted by Gasteiger charge is -2.11. The Morgan fingerprint density at radius 2 is 1.82 bits per heavy atom. The summed E-state index contributed by atoms with van der Waals surface area (Å²) in [5, 5.41) is 16.9. The number of hydrogen-bond acceptors (Lipinski definition) is 5. The van der Waals surface area contributed by atoms with Crippen LogP contribution in [0, 0.1) is 3.57 Å². The predicted octanol–water partition coefficient (Wildman–Crippen LogP) is 4.64. The van der Waals surface area contributed by atoms with Gasteiger partial charge in [0.05, 0.1) is 5.69 Å². The van der Waals surface area contributed by atoms with Crippen molar-refractivity contribution in [1.82, 2.24) is 20.2 Å². The van der Waals surface area contributed by atoms with E-state index < -0.39 is 0 Å². The number of nitrogens with zero attached hydrogens (tertiary/aromatic N) is 4. The first-order valence-corrected chi connectivity index (χ1v) is 10.3. The number of nitrogens with one attached hydrogen (secondary N) is 1. The van der Waals surface area contributed by atoms with Crippen LogP contribution in [-0.4, -0.2) is 26.1 Å². The maximum atomic E-state index is 13.2. The quantitative estimate of drug-likeness (QED) is 0.321. The first kappa shape index (κ1) is 18.5. The van der Waals surface area contributed by atoms with E-state index in [0.717, 1.165) is 19.7 Å². The maximum absolute atomic E-state index is 13.2. The van der Waals surface area contributed by atoms with Gasteiger partial charge in [0.1, 0.15) is 5.70 Å². The predicted molar refractivity (Wildman–Crippen MR) is 120 cm³/mol. The van der Waals surface area contributed by atoms with E-state index in [1.54, 1.807) is 6.08 Å². The number of halogens is 1. The molecule has 0 fully saturated rings. The lowest BCUT2D eigenvalue weighted by molar-refractivity contribution is -0.111. The van der Waals surface area contributed by atoms with E-state index >= 15 is 0 Å². The van der Waals surface area contributed by atoms with Crippen molar-refractivity contribution in [2.24, 2.45) is 0 Å². The number of amides is 1. The van der Waals surface area contributed by atoms with Crippen LogP contribution in [0.2, 0.25) is 0 Å². The van der Waals surface area contributed by atoms with E-state index in [1.165, 1.54) is 16.0 Å². The Labute approximate surface area is 179 Å². The van der Waals surface area contributed by atoms with Gasteiger partial charge in [0.2, 0.25) is 0 Å². The molecule has 2 aromatic carbocycles. The number of benzene rings is 2. The second-order valence-electron chi connectivity index (χ2n) is 5.76. The third kappa shape index (κ3) is 4.02. The Hall–Kier alpha value is -2.85. The van der Waals surface area contributed by atoms with E-state index in [0.29, 0.717) is 11.5 Å². The number of para-hydroxylation sites is 1. The van der Waals surface area contributed by atoms with Gasteiger partial charge in [0.25, 0.3) is 5.91 Å². The molecule has 0 atom stereocenters. The molecule has 0 aliphatic heterocycles. The molecule has 0 bridgehead atoms. The number of tetrazole rings is 1. The van der Waals surface area contributed by atoms with Crippen molar-refractivity contribution >= 4 is 57.3 Å². The molecule has 2 heterocycles. The molecule has 1 N–H and O–H groups in total. The van der Waals surface area contributed by atoms with Crippen molar-refractivity contribution < 1.29 is 4.79 Å². The molecule has 0 radical (unpaired) electrons. The average Bonchev–Trinajstić information content (AvgIpc) is 3.40. The van der Waals surface area contributed by atoms with Crippen LogP contribution in [0.3, 0.4) is 0 Å². The van der Waals surface area contributed by atoms with Crippen LogP contribution in [0.4, 0.5) is 5.69 Å². The number of carbonyl (C=O) groups is 1. The molecular formula is C20H14IN5OS. The Balaban J connectivity index is 1.77. The number of aromatic nitrogens is 4. The van der Waals surface area contributed by atoms with E-state index in [-0.39, 0.29) is 5.91 Å². The zero-order valence-electron chi connectivity index (χ0n) is 14.5. The van der Waals surface area contributed by atoms with Crippen molar-refractivity contribution in [3.8, 4) is 11.4 Å². The Bertz CT molecular complexity index is 1120. The summed E-state index contributed by atoms with van der Waals surface area (Å²) in [4.78, 5) is 14.1. The topological polar surface area (TPSA) is 72.7 Å². The molecular weight excluding hydrogens is 485 g/mol. The SMILES string of the molecule is O=C(Nc1ccccc1I)/C(=C/c1cccs1)n1nnnc1-c1ccccc1. The molecule has 0 spiro atoms. The van der Waals surface area contributed by atoms with Gasteiger partial charge in [0.15, 0.2) is 5.82 Å². The first-order chi connectivity index (χ1) is 13.7. The summed E-state index contributed by atoms with van der Waals surface area (Å²) < 4.78 is 2.42. The minimum atomic E-state index is -0.290. The zero-order chi connectivity index (χ0) is 19.3. The molecule has 0 unspecified atom stereocenters. The molecule has 0 aliphatic rings. The monoisotopic (exact) mass is 499 g/mol. The number of carbonyl (C=O) groups excluding carboxylic acids is 1. The third-order valence-corrected chi connectivity index (χ3v) is 5.67. The summed E-state index contributed by atoms with van der Waals surface area (Å²) in [6.45, 7) is 0. The van der Waals surface area contributed by atoms with E-state index in [2.05, 4.69) is 43.4 Å². The Morgan fingerprint density at radius 3 is 2.57 bits per heavy atom. The van der Waals surface area contributed by atoms with Crippen LogP contribution in [0.25, 0.3) is 23.2 Å². The highest BCUT2D eigenvalue weighted by Gasteiger charge is 2.20. The fourth-order valence-electron chi connectivity index (χ4n) is 2.60. The van der Waals surface area contributed by atoms with Crippen molar-refractivity contribution in [1.29, 1.82) is 0 Å². The van der Waals surface area contributed by atoms with Gasteiger partial charge >= 0.3 is 0 Å². The summed E-state index contributed by atoms with van der Waals surface area (Å²) in [5.41, 5.74) is 1.90. The summed E-state index contributed by atoms with van der Waals surface area (Å²) in [6, 6.07) is 21.0. The van der Waals surface area contributed by atoms with Crippen LogP contribution in [-0.2, 0) is 4.79 Å². The van der Waals surface area contributed by atoms with E-state index in [9.17, 15) is 4.79 Å². The van der Waals surface area contributed by atoms with Crippen molar-refractivity contribution in [2.45, 2.75) is 0 Å². The molecule has 4 rings (SSSR count). The summed E-state index contributed by atoms with van der Waals surface area (Å²) >= 11 is 3.73. The molecule has 0 aliphatic carbocycles. The second kappa shape index (κ2) is 8.44. The molecule has 1 amide bonds. The van der Waals surface area contributed by atoms with Gasteiger partial charge in [-0.2, -0.15) is 4.68 Å². The third-order valence-electron chi connectivity index (χ3n) is 3.91. The van der Waals surface area contributed by atoms with Crippen LogP contribution in [0.5, 0.6) is 0 Å². The van der Waals surface area contributed by atoms with Gasteiger partial charge in [-0.25, -0.2) is 0 Å². The fourth-order valence-corrected chi connectivity index (χ4v) is 3.77. The van der Waals surface area contributed by atoms with Crippen LogP contribution < -0.4 is 5.32 Å². The summed E-state index contributed by atoms with van der Waals surface area (Å²) in [5.74, 6) is 0.211. The number of anilines is 1. The van der Waals surface area contributed by atoms with Crippen LogP contribution in [0.15, 0.2) is 72.1 Å². The molecule has 28 heavy (non-hydrogen) atoms. The molecule has 2 aromatic heterocycles. The second-order valence-corrected chi connectivity index (χ2v) is 7.90. The molecule has 0 saturated carbocycles. The number of rotatable bonds is 5. The van der Waals surface area contributed by atoms with Gasteiger partial charge in [-0.15, -0.1) is 16.4 Å². The number of thiophene rings is 1. The van der Waals surface area contributed by atoms with Gasteiger partial charge in [0, 0.05) is 14.0 Å². The summed E-state index contributed by atoms with van der Waals surface area (Å²) in [7, 11) is 0. The Morgan fingerprint density at radius 1 is 1.04 bits per heavy atom. The Kier molecular flexibility index (Phi) is 5.58. The molecule has 138 valence electrons. The van der Waals surface area contributed by atoms with E-state index in [1.807, 2.05) is 72.1 Å².